The molecule has 0 spiro atoms. The van der Waals surface area contributed by atoms with E-state index in [0.717, 1.165) is 9.87 Å². The molecule has 0 N–H and O–H groups in total. The van der Waals surface area contributed by atoms with Crippen molar-refractivity contribution in [3.8, 4) is 39.3 Å². The Morgan fingerprint density at radius 2 is 1.43 bits per heavy atom. The van der Waals surface area contributed by atoms with Crippen molar-refractivity contribution in [3.05, 3.63) is 35.7 Å². The average molecular weight is 550 g/mol. The molecule has 2 heterocycles. The molecule has 0 aliphatic rings. The van der Waals surface area contributed by atoms with Crippen molar-refractivity contribution in [2.75, 3.05) is 49.6 Å². The highest BCUT2D eigenvalue weighted by atomic mass is 32.2. The fourth-order valence-corrected chi connectivity index (χ4v) is 5.69. The van der Waals surface area contributed by atoms with Crippen LogP contribution in [0.2, 0.25) is 0 Å². The van der Waals surface area contributed by atoms with Crippen molar-refractivity contribution in [1.29, 1.82) is 0 Å². The van der Waals surface area contributed by atoms with Gasteiger partial charge < -0.3 is 23.7 Å². The Bertz CT molecular complexity index is 1520. The number of nitrogens with zero attached hydrogens (tertiary/aromatic N) is 5. The van der Waals surface area contributed by atoms with Gasteiger partial charge in [-0.25, -0.2) is 12.7 Å². The highest BCUT2D eigenvalue weighted by molar-refractivity contribution is 7.89. The molecule has 0 aliphatic heterocycles. The number of hydrogen-bond acceptors (Lipinski definition) is 11. The van der Waals surface area contributed by atoms with Gasteiger partial charge in [-0.2, -0.15) is 9.61 Å². The lowest BCUT2D eigenvalue weighted by molar-refractivity contribution is 0.324. The van der Waals surface area contributed by atoms with Gasteiger partial charge in [0.15, 0.2) is 28.8 Å². The number of sulfonamides is 1. The van der Waals surface area contributed by atoms with Crippen LogP contribution in [-0.4, -0.2) is 82.2 Å². The van der Waals surface area contributed by atoms with Crippen molar-refractivity contribution in [1.82, 2.24) is 24.1 Å². The fraction of sp³-hybridized carbons (Fsp3) is 0.348. The van der Waals surface area contributed by atoms with Crippen LogP contribution in [0.4, 0.5) is 0 Å². The molecule has 198 valence electrons. The third-order valence-electron chi connectivity index (χ3n) is 5.64. The maximum absolute atomic E-state index is 13.1. The first-order valence-corrected chi connectivity index (χ1v) is 13.1. The third-order valence-corrected chi connectivity index (χ3v) is 8.49. The second kappa shape index (κ2) is 10.4. The quantitative estimate of drug-likeness (QED) is 0.291. The highest BCUT2D eigenvalue weighted by Gasteiger charge is 2.26. The molecule has 2 aromatic carbocycles. The van der Waals surface area contributed by atoms with Crippen molar-refractivity contribution < 1.29 is 32.1 Å². The van der Waals surface area contributed by atoms with Gasteiger partial charge in [0.2, 0.25) is 20.7 Å². The molecular weight excluding hydrogens is 522 g/mol. The topological polar surface area (TPSA) is 127 Å². The summed E-state index contributed by atoms with van der Waals surface area (Å²) in [6, 6.07) is 6.67. The smallest absolute Gasteiger partial charge is 0.242 e. The lowest BCUT2D eigenvalue weighted by atomic mass is 10.1. The predicted octanol–water partition coefficient (Wildman–Crippen LogP) is 2.74. The molecule has 4 rings (SSSR count). The first-order chi connectivity index (χ1) is 17.7. The summed E-state index contributed by atoms with van der Waals surface area (Å²) in [7, 11) is 6.69. The summed E-state index contributed by atoms with van der Waals surface area (Å²) in [4.78, 5) is 0.614. The molecule has 12 nitrogen and oxygen atoms in total. The minimum atomic E-state index is -3.80. The summed E-state index contributed by atoms with van der Waals surface area (Å²) in [5, 5.41) is 13.8. The van der Waals surface area contributed by atoms with Gasteiger partial charge in [0, 0.05) is 32.1 Å². The normalized spacial score (nSPS) is 11.7. The van der Waals surface area contributed by atoms with Crippen LogP contribution in [0.15, 0.2) is 29.2 Å². The number of hydrogen-bond donors (Lipinski definition) is 0. The van der Waals surface area contributed by atoms with Crippen molar-refractivity contribution in [3.63, 3.8) is 0 Å². The Morgan fingerprint density at radius 1 is 0.838 bits per heavy atom. The minimum absolute atomic E-state index is 0.0759. The predicted molar refractivity (Wildman–Crippen MR) is 137 cm³/mol. The zero-order valence-electron chi connectivity index (χ0n) is 21.4. The number of methoxy groups -OCH3 is 5. The fourth-order valence-electron chi connectivity index (χ4n) is 3.74. The van der Waals surface area contributed by atoms with Crippen LogP contribution < -0.4 is 23.7 Å². The maximum atomic E-state index is 13.1. The van der Waals surface area contributed by atoms with Gasteiger partial charge in [-0.1, -0.05) is 11.3 Å². The molecule has 0 bridgehead atoms. The summed E-state index contributed by atoms with van der Waals surface area (Å²) in [6.07, 6.45) is 0.127. The highest BCUT2D eigenvalue weighted by Crippen LogP contribution is 2.42. The SMILES string of the molecule is COc1cc(Cc2nnc3sc(-c4cc(OC)c(OC)c(OC)c4)nn23)c(S(=O)(=O)N(C)C)cc1OC. The molecule has 14 heteroatoms. The van der Waals surface area contributed by atoms with E-state index in [2.05, 4.69) is 10.2 Å². The van der Waals surface area contributed by atoms with Crippen molar-refractivity contribution >= 4 is 26.3 Å². The summed E-state index contributed by atoms with van der Waals surface area (Å²) in [6.45, 7) is 0. The van der Waals surface area contributed by atoms with Crippen LogP contribution in [0.5, 0.6) is 28.7 Å². The zero-order valence-corrected chi connectivity index (χ0v) is 23.1. The number of fused-ring (bicyclic) bond motifs is 1. The van der Waals surface area contributed by atoms with Crippen LogP contribution in [0.1, 0.15) is 11.4 Å². The summed E-state index contributed by atoms with van der Waals surface area (Å²) in [5.74, 6) is 2.61. The van der Waals surface area contributed by atoms with Gasteiger partial charge in [0.1, 0.15) is 5.01 Å². The van der Waals surface area contributed by atoms with E-state index in [0.29, 0.717) is 50.1 Å². The van der Waals surface area contributed by atoms with E-state index in [1.54, 1.807) is 36.9 Å². The van der Waals surface area contributed by atoms with Gasteiger partial charge in [-0.05, 0) is 23.8 Å². The lowest BCUT2D eigenvalue weighted by Gasteiger charge is -2.17. The molecule has 0 saturated heterocycles. The van der Waals surface area contributed by atoms with Crippen LogP contribution in [0, 0.1) is 0 Å². The molecule has 0 saturated carbocycles. The van der Waals surface area contributed by atoms with Gasteiger partial charge in [0.25, 0.3) is 0 Å². The van der Waals surface area contributed by atoms with Crippen LogP contribution in [0.25, 0.3) is 15.5 Å². The molecule has 4 aromatic rings. The van der Waals surface area contributed by atoms with Crippen molar-refractivity contribution in [2.45, 2.75) is 11.3 Å². The molecule has 0 unspecified atom stereocenters. The Kier molecular flexibility index (Phi) is 7.43. The third kappa shape index (κ3) is 4.74. The second-order valence-corrected chi connectivity index (χ2v) is 11.0. The van der Waals surface area contributed by atoms with E-state index >= 15 is 0 Å². The average Bonchev–Trinajstić information content (AvgIpc) is 3.49. The van der Waals surface area contributed by atoms with E-state index in [1.165, 1.54) is 52.8 Å². The van der Waals surface area contributed by atoms with E-state index in [1.807, 2.05) is 0 Å². The Labute approximate surface area is 218 Å². The van der Waals surface area contributed by atoms with Gasteiger partial charge in [-0.3, -0.25) is 0 Å². The number of aromatic nitrogens is 4. The van der Waals surface area contributed by atoms with Crippen LogP contribution in [-0.2, 0) is 16.4 Å². The van der Waals surface area contributed by atoms with Crippen LogP contribution >= 0.6 is 11.3 Å². The minimum Gasteiger partial charge on any atom is -0.493 e. The lowest BCUT2D eigenvalue weighted by Crippen LogP contribution is -2.23. The molecular formula is C23H27N5O7S2. The summed E-state index contributed by atoms with van der Waals surface area (Å²) in [5.41, 5.74) is 1.20. The molecule has 37 heavy (non-hydrogen) atoms. The van der Waals surface area contributed by atoms with Crippen molar-refractivity contribution in [2.24, 2.45) is 0 Å². The number of benzene rings is 2. The molecule has 0 fully saturated rings. The largest absolute Gasteiger partial charge is 0.493 e. The number of ether oxygens (including phenoxy) is 5. The Morgan fingerprint density at radius 3 is 1.97 bits per heavy atom. The second-order valence-electron chi connectivity index (χ2n) is 7.91. The Hall–Kier alpha value is -3.62. The Balaban J connectivity index is 1.81. The number of rotatable bonds is 10. The monoisotopic (exact) mass is 549 g/mol. The molecule has 2 aromatic heterocycles. The molecule has 0 amide bonds. The van der Waals surface area contributed by atoms with Crippen LogP contribution in [0.3, 0.4) is 0 Å². The van der Waals surface area contributed by atoms with E-state index < -0.39 is 10.0 Å². The van der Waals surface area contributed by atoms with Gasteiger partial charge in [0.05, 0.1) is 40.4 Å². The van der Waals surface area contributed by atoms with E-state index in [4.69, 9.17) is 28.8 Å². The van der Waals surface area contributed by atoms with Gasteiger partial charge >= 0.3 is 0 Å². The first kappa shape index (κ1) is 26.4. The standard InChI is InChI=1S/C23H27N5O7S2/c1-27(2)37(29,30)19-12-16(32-4)15(31-3)8-13(19)11-20-24-25-23-28(20)26-22(36-23)14-9-17(33-5)21(35-7)18(10-14)34-6/h8-10,12H,11H2,1-7H3. The zero-order chi connectivity index (χ0) is 26.9. The van der Waals surface area contributed by atoms with Gasteiger partial charge in [-0.15, -0.1) is 10.2 Å². The molecule has 0 atom stereocenters. The summed E-state index contributed by atoms with van der Waals surface area (Å²) < 4.78 is 56.0. The van der Waals surface area contributed by atoms with E-state index in [9.17, 15) is 8.42 Å². The molecule has 0 aliphatic carbocycles. The maximum Gasteiger partial charge on any atom is 0.242 e. The van der Waals surface area contributed by atoms with E-state index in [-0.39, 0.29) is 11.3 Å². The first-order valence-electron chi connectivity index (χ1n) is 10.9. The summed E-state index contributed by atoms with van der Waals surface area (Å²) >= 11 is 1.32. The molecule has 0 radical (unpaired) electrons.